The van der Waals surface area contributed by atoms with Gasteiger partial charge in [0.15, 0.2) is 17.5 Å². The third-order valence-corrected chi connectivity index (χ3v) is 16.5. The second-order valence-corrected chi connectivity index (χ2v) is 20.4. The van der Waals surface area contributed by atoms with E-state index in [1.54, 1.807) is 0 Å². The monoisotopic (exact) mass is 856 g/mol. The van der Waals surface area contributed by atoms with Crippen LogP contribution >= 0.6 is 11.3 Å². The molecule has 0 spiro atoms. The van der Waals surface area contributed by atoms with Crippen molar-refractivity contribution in [3.8, 4) is 62.1 Å². The van der Waals surface area contributed by atoms with Gasteiger partial charge in [-0.1, -0.05) is 169 Å². The van der Waals surface area contributed by atoms with Crippen LogP contribution in [-0.4, -0.2) is 19.5 Å². The van der Waals surface area contributed by atoms with Gasteiger partial charge in [0.1, 0.15) is 0 Å². The zero-order valence-corrected chi connectivity index (χ0v) is 38.3. The van der Waals surface area contributed by atoms with Gasteiger partial charge in [-0.15, -0.1) is 11.3 Å². The third kappa shape index (κ3) is 5.91. The molecular weight excluding hydrogens is 809 g/mol. The summed E-state index contributed by atoms with van der Waals surface area (Å²) < 4.78 is 4.86. The first-order chi connectivity index (χ1) is 31.5. The van der Waals surface area contributed by atoms with Gasteiger partial charge in [-0.2, -0.15) is 0 Å². The molecule has 0 saturated heterocycles. The Balaban J connectivity index is 1.04. The lowest BCUT2D eigenvalue weighted by molar-refractivity contribution is 0.125. The van der Waals surface area contributed by atoms with Crippen molar-refractivity contribution in [2.24, 2.45) is 5.41 Å². The van der Waals surface area contributed by atoms with Crippen molar-refractivity contribution >= 4 is 53.3 Å². The van der Waals surface area contributed by atoms with Gasteiger partial charge in [-0.25, -0.2) is 15.0 Å². The highest BCUT2D eigenvalue weighted by atomic mass is 32.1. The lowest BCUT2D eigenvalue weighted by Gasteiger charge is -2.44. The summed E-state index contributed by atoms with van der Waals surface area (Å²) in [6.07, 6.45) is 0. The fraction of sp³-hybridized carbons (Fsp3) is 0.150. The highest BCUT2D eigenvalue weighted by molar-refractivity contribution is 7.26. The van der Waals surface area contributed by atoms with E-state index in [1.807, 2.05) is 47.7 Å². The van der Waals surface area contributed by atoms with Crippen molar-refractivity contribution in [3.63, 3.8) is 0 Å². The zero-order valence-electron chi connectivity index (χ0n) is 37.5. The van der Waals surface area contributed by atoms with Crippen molar-refractivity contribution in [1.82, 2.24) is 19.5 Å². The maximum Gasteiger partial charge on any atom is 0.164 e. The fourth-order valence-corrected chi connectivity index (χ4v) is 11.9. The predicted molar refractivity (Wildman–Crippen MR) is 274 cm³/mol. The molecule has 0 saturated carbocycles. The second kappa shape index (κ2) is 14.4. The van der Waals surface area contributed by atoms with Crippen LogP contribution in [0.5, 0.6) is 0 Å². The Hall–Kier alpha value is -7.21. The molecule has 0 radical (unpaired) electrons. The predicted octanol–water partition coefficient (Wildman–Crippen LogP) is 16.3. The van der Waals surface area contributed by atoms with E-state index in [1.165, 1.54) is 70.0 Å². The Morgan fingerprint density at radius 1 is 0.400 bits per heavy atom. The first kappa shape index (κ1) is 39.4. The van der Waals surface area contributed by atoms with Gasteiger partial charge in [0.2, 0.25) is 0 Å². The fourth-order valence-electron chi connectivity index (χ4n) is 10.8. The molecule has 0 fully saturated rings. The third-order valence-electron chi connectivity index (χ3n) is 15.3. The quantitative estimate of drug-likeness (QED) is 0.167. The standard InChI is InChI=1S/C60H48N4S/c1-58(2)48-26-16-24-43(54(48)59(3,4)60(58,5)6)41-29-32-50-46(36-41)45-34-39(28-31-49(45)64(50)42-22-14-9-15-23-42)40-30-33-51-47(35-40)53-44(25-17-27-52(53)65-51)57-62-55(37-18-10-7-11-19-37)61-56(63-57)38-20-12-8-13-21-38/h7-36H,1-6H3. The van der Waals surface area contributed by atoms with Crippen LogP contribution in [0.25, 0.3) is 104 Å². The van der Waals surface area contributed by atoms with Crippen LogP contribution in [0.15, 0.2) is 182 Å². The van der Waals surface area contributed by atoms with Crippen molar-refractivity contribution in [3.05, 3.63) is 193 Å². The van der Waals surface area contributed by atoms with Crippen LogP contribution in [0, 0.1) is 5.41 Å². The van der Waals surface area contributed by atoms with E-state index in [-0.39, 0.29) is 16.2 Å². The van der Waals surface area contributed by atoms with Gasteiger partial charge in [-0.05, 0) is 104 Å². The van der Waals surface area contributed by atoms with E-state index in [0.717, 1.165) is 27.8 Å². The number of benzene rings is 8. The molecule has 0 unspecified atom stereocenters. The van der Waals surface area contributed by atoms with Crippen LogP contribution in [0.3, 0.4) is 0 Å². The van der Waals surface area contributed by atoms with Crippen molar-refractivity contribution in [2.75, 3.05) is 0 Å². The number of aromatic nitrogens is 4. The molecule has 12 rings (SSSR count). The topological polar surface area (TPSA) is 43.6 Å². The molecule has 0 atom stereocenters. The number of nitrogens with zero attached hydrogens (tertiary/aromatic N) is 4. The van der Waals surface area contributed by atoms with Crippen LogP contribution in [0.1, 0.15) is 52.7 Å². The maximum atomic E-state index is 5.16. The molecule has 1 aliphatic rings. The molecule has 0 N–H and O–H groups in total. The lowest BCUT2D eigenvalue weighted by Crippen LogP contribution is -2.42. The van der Waals surface area contributed by atoms with Crippen LogP contribution in [0.4, 0.5) is 0 Å². The zero-order chi connectivity index (χ0) is 44.2. The molecule has 8 aromatic carbocycles. The van der Waals surface area contributed by atoms with Crippen LogP contribution < -0.4 is 0 Å². The summed E-state index contributed by atoms with van der Waals surface area (Å²) in [7, 11) is 0. The first-order valence-corrected chi connectivity index (χ1v) is 23.4. The molecule has 1 aliphatic carbocycles. The van der Waals surface area contributed by atoms with Crippen LogP contribution in [-0.2, 0) is 10.8 Å². The van der Waals surface area contributed by atoms with Crippen molar-refractivity contribution < 1.29 is 0 Å². The SMILES string of the molecule is CC1(C)c2cccc(-c3ccc4c(c3)c3cc(-c5ccc6sc7cccc(-c8nc(-c9ccccc9)nc(-c9ccccc9)n8)c7c6c5)ccc3n4-c3ccccc3)c2C(C)(C)C1(C)C. The molecule has 3 aromatic heterocycles. The van der Waals surface area contributed by atoms with E-state index < -0.39 is 0 Å². The molecule has 5 heteroatoms. The molecule has 65 heavy (non-hydrogen) atoms. The van der Waals surface area contributed by atoms with Gasteiger partial charge in [0.05, 0.1) is 11.0 Å². The van der Waals surface area contributed by atoms with E-state index >= 15 is 0 Å². The molecule has 0 amide bonds. The van der Waals surface area contributed by atoms with Crippen molar-refractivity contribution in [1.29, 1.82) is 0 Å². The summed E-state index contributed by atoms with van der Waals surface area (Å²) in [5, 5.41) is 4.84. The molecule has 4 nitrogen and oxygen atoms in total. The summed E-state index contributed by atoms with van der Waals surface area (Å²) in [6, 6.07) is 65.7. The first-order valence-electron chi connectivity index (χ1n) is 22.6. The number of para-hydroxylation sites is 1. The minimum atomic E-state index is -0.0230. The number of hydrogen-bond donors (Lipinski definition) is 0. The summed E-state index contributed by atoms with van der Waals surface area (Å²) in [6.45, 7) is 14.6. The number of thiophene rings is 1. The molecule has 314 valence electrons. The molecule has 0 bridgehead atoms. The summed E-state index contributed by atoms with van der Waals surface area (Å²) in [4.78, 5) is 15.3. The van der Waals surface area contributed by atoms with Crippen molar-refractivity contribution in [2.45, 2.75) is 52.4 Å². The number of hydrogen-bond acceptors (Lipinski definition) is 4. The Morgan fingerprint density at radius 3 is 1.57 bits per heavy atom. The Morgan fingerprint density at radius 2 is 0.923 bits per heavy atom. The van der Waals surface area contributed by atoms with Gasteiger partial charge >= 0.3 is 0 Å². The van der Waals surface area contributed by atoms with E-state index in [4.69, 9.17) is 15.0 Å². The van der Waals surface area contributed by atoms with Gasteiger partial charge in [0, 0.05) is 53.3 Å². The lowest BCUT2D eigenvalue weighted by atomic mass is 9.59. The van der Waals surface area contributed by atoms with E-state index in [2.05, 4.69) is 192 Å². The van der Waals surface area contributed by atoms with Gasteiger partial charge in [0.25, 0.3) is 0 Å². The smallest absolute Gasteiger partial charge is 0.164 e. The number of fused-ring (bicyclic) bond motifs is 7. The summed E-state index contributed by atoms with van der Waals surface area (Å²) in [5.74, 6) is 1.98. The van der Waals surface area contributed by atoms with Gasteiger partial charge < -0.3 is 4.57 Å². The van der Waals surface area contributed by atoms with Crippen LogP contribution in [0.2, 0.25) is 0 Å². The molecule has 3 heterocycles. The minimum absolute atomic E-state index is 0.0230. The molecule has 11 aromatic rings. The van der Waals surface area contributed by atoms with Gasteiger partial charge in [-0.3, -0.25) is 0 Å². The average molecular weight is 857 g/mol. The molecule has 0 aliphatic heterocycles. The van der Waals surface area contributed by atoms with E-state index in [9.17, 15) is 0 Å². The Bertz CT molecular complexity index is 3610. The average Bonchev–Trinajstić information content (AvgIpc) is 3.92. The highest BCUT2D eigenvalue weighted by Crippen LogP contribution is 2.63. The largest absolute Gasteiger partial charge is 0.309 e. The normalized spacial score (nSPS) is 15.0. The summed E-state index contributed by atoms with van der Waals surface area (Å²) >= 11 is 1.81. The second-order valence-electron chi connectivity index (χ2n) is 19.3. The highest BCUT2D eigenvalue weighted by Gasteiger charge is 2.57. The Labute approximate surface area is 383 Å². The van der Waals surface area contributed by atoms with E-state index in [0.29, 0.717) is 17.5 Å². The Kier molecular flexibility index (Phi) is 8.73. The number of rotatable bonds is 6. The molecular formula is C60H48N4S. The minimum Gasteiger partial charge on any atom is -0.309 e. The maximum absolute atomic E-state index is 5.16. The summed E-state index contributed by atoms with van der Waals surface area (Å²) in [5.41, 5.74) is 14.4.